The Kier molecular flexibility index (Phi) is 33.1. The zero-order valence-electron chi connectivity index (χ0n) is 31.0. The molecule has 0 saturated carbocycles. The highest BCUT2D eigenvalue weighted by atomic mass is 16.5. The second-order valence-corrected chi connectivity index (χ2v) is 13.7. The van der Waals surface area contributed by atoms with Crippen LogP contribution in [0.3, 0.4) is 0 Å². The molecular weight excluding hydrogens is 608 g/mol. The zero-order chi connectivity index (χ0) is 35.5. The molecule has 0 fully saturated rings. The second-order valence-electron chi connectivity index (χ2n) is 13.7. The van der Waals surface area contributed by atoms with E-state index in [0.29, 0.717) is 12.8 Å². The number of aliphatic carboxylic acids is 1. The summed E-state index contributed by atoms with van der Waals surface area (Å²) < 4.78 is 5.76. The van der Waals surface area contributed by atoms with E-state index < -0.39 is 24.5 Å². The van der Waals surface area contributed by atoms with Gasteiger partial charge >= 0.3 is 11.9 Å². The van der Waals surface area contributed by atoms with Crippen LogP contribution in [-0.2, 0) is 23.9 Å². The zero-order valence-corrected chi connectivity index (χ0v) is 31.0. The maximum atomic E-state index is 12.4. The number of carbonyl (C=O) groups excluding carboxylic acids is 3. The number of nitrogens with one attached hydrogen (secondary N) is 2. The third kappa shape index (κ3) is 31.1. The van der Waals surface area contributed by atoms with Crippen LogP contribution in [0.2, 0.25) is 0 Å². The molecule has 0 radical (unpaired) electrons. The van der Waals surface area contributed by atoms with Crippen LogP contribution in [0.1, 0.15) is 200 Å². The van der Waals surface area contributed by atoms with Crippen LogP contribution < -0.4 is 10.6 Å². The molecule has 0 aromatic carbocycles. The van der Waals surface area contributed by atoms with E-state index >= 15 is 0 Å². The molecule has 0 rings (SSSR count). The number of ether oxygens (including phenoxy) is 1. The number of hydrogen-bond donors (Lipinski definition) is 4. The van der Waals surface area contributed by atoms with Crippen molar-refractivity contribution in [2.75, 3.05) is 13.2 Å². The number of aliphatic hydroxyl groups is 1. The van der Waals surface area contributed by atoms with Crippen molar-refractivity contribution in [3.05, 3.63) is 0 Å². The van der Waals surface area contributed by atoms with Crippen LogP contribution in [0.25, 0.3) is 0 Å². The van der Waals surface area contributed by atoms with Crippen molar-refractivity contribution in [3.63, 3.8) is 0 Å². The van der Waals surface area contributed by atoms with Crippen LogP contribution >= 0.6 is 0 Å². The van der Waals surface area contributed by atoms with Gasteiger partial charge in [-0.25, -0.2) is 4.79 Å². The highest BCUT2D eigenvalue weighted by Crippen LogP contribution is 2.17. The van der Waals surface area contributed by atoms with Gasteiger partial charge in [-0.05, 0) is 32.1 Å². The Morgan fingerprint density at radius 1 is 0.542 bits per heavy atom. The molecule has 0 aliphatic carbocycles. The van der Waals surface area contributed by atoms with Crippen molar-refractivity contribution in [3.8, 4) is 0 Å². The van der Waals surface area contributed by atoms with Crippen molar-refractivity contribution < 1.29 is 34.1 Å². The molecule has 0 saturated heterocycles. The van der Waals surface area contributed by atoms with Gasteiger partial charge in [0.1, 0.15) is 12.1 Å². The lowest BCUT2D eigenvalue weighted by Gasteiger charge is -2.17. The first-order valence-corrected chi connectivity index (χ1v) is 19.9. The smallest absolute Gasteiger partial charge is 0.328 e. The predicted octanol–water partition coefficient (Wildman–Crippen LogP) is 8.93. The quantitative estimate of drug-likeness (QED) is 0.0382. The number of amides is 2. The third-order valence-corrected chi connectivity index (χ3v) is 9.09. The van der Waals surface area contributed by atoms with E-state index in [9.17, 15) is 19.2 Å². The predicted molar refractivity (Wildman–Crippen MR) is 195 cm³/mol. The largest absolute Gasteiger partial charge is 0.480 e. The van der Waals surface area contributed by atoms with Crippen LogP contribution in [0.5, 0.6) is 0 Å². The van der Waals surface area contributed by atoms with E-state index in [1.807, 2.05) is 0 Å². The number of carboxylic acids is 1. The summed E-state index contributed by atoms with van der Waals surface area (Å²) in [5.41, 5.74) is 0. The molecule has 48 heavy (non-hydrogen) atoms. The fourth-order valence-electron chi connectivity index (χ4n) is 6.06. The Labute approximate surface area is 293 Å². The number of esters is 1. The second kappa shape index (κ2) is 34.7. The van der Waals surface area contributed by atoms with Gasteiger partial charge in [0.25, 0.3) is 0 Å². The number of carbonyl (C=O) groups is 4. The van der Waals surface area contributed by atoms with Crippen molar-refractivity contribution in [1.29, 1.82) is 0 Å². The van der Waals surface area contributed by atoms with Gasteiger partial charge in [-0.2, -0.15) is 0 Å². The Morgan fingerprint density at radius 3 is 1.42 bits per heavy atom. The van der Waals surface area contributed by atoms with E-state index in [2.05, 4.69) is 24.5 Å². The standard InChI is InChI=1S/C39H74N2O7/c1-3-5-6-7-8-9-10-11-12-13-14-15-16-17-18-19-20-21-22-23-27-31-38(45)48-34(28-4-2)29-25-24-26-30-36(43)40-32-37(44)41-35(33-42)39(46)47/h34-35,42H,3-33H2,1-2H3,(H,40,43)(H,41,44)(H,46,47). The monoisotopic (exact) mass is 683 g/mol. The minimum Gasteiger partial charge on any atom is -0.480 e. The minimum atomic E-state index is -1.39. The lowest BCUT2D eigenvalue weighted by Crippen LogP contribution is -2.47. The Bertz CT molecular complexity index is 792. The summed E-state index contributed by atoms with van der Waals surface area (Å²) in [6.07, 6.45) is 33.7. The van der Waals surface area contributed by atoms with E-state index in [1.165, 1.54) is 122 Å². The highest BCUT2D eigenvalue weighted by molar-refractivity contribution is 5.87. The maximum absolute atomic E-state index is 12.4. The molecular formula is C39H74N2O7. The molecule has 0 aliphatic heterocycles. The third-order valence-electron chi connectivity index (χ3n) is 9.09. The number of rotatable bonds is 36. The first-order valence-electron chi connectivity index (χ1n) is 19.9. The van der Waals surface area contributed by atoms with Gasteiger partial charge in [0, 0.05) is 12.8 Å². The molecule has 0 aliphatic rings. The first kappa shape index (κ1) is 45.8. The van der Waals surface area contributed by atoms with E-state index in [1.54, 1.807) is 0 Å². The summed E-state index contributed by atoms with van der Waals surface area (Å²) in [6, 6.07) is -1.39. The molecule has 2 atom stereocenters. The summed E-state index contributed by atoms with van der Waals surface area (Å²) in [5, 5.41) is 22.4. The van der Waals surface area contributed by atoms with Crippen LogP contribution in [-0.4, -0.2) is 59.3 Å². The maximum Gasteiger partial charge on any atom is 0.328 e. The number of aliphatic hydroxyl groups excluding tert-OH is 1. The summed E-state index contributed by atoms with van der Waals surface area (Å²) >= 11 is 0. The summed E-state index contributed by atoms with van der Waals surface area (Å²) in [6.45, 7) is 3.31. The van der Waals surface area contributed by atoms with Gasteiger partial charge in [-0.15, -0.1) is 0 Å². The molecule has 9 nitrogen and oxygen atoms in total. The SMILES string of the molecule is CCCCCCCCCCCCCCCCCCCCCCCC(=O)OC(CCC)CCCCCC(=O)NCC(=O)NC(CO)C(=O)O. The molecule has 0 aromatic rings. The first-order chi connectivity index (χ1) is 23.3. The topological polar surface area (TPSA) is 142 Å². The van der Waals surface area contributed by atoms with Gasteiger partial charge in [0.15, 0.2) is 0 Å². The van der Waals surface area contributed by atoms with Crippen molar-refractivity contribution in [1.82, 2.24) is 10.6 Å². The number of hydrogen-bond acceptors (Lipinski definition) is 6. The molecule has 2 amide bonds. The van der Waals surface area contributed by atoms with Gasteiger partial charge < -0.3 is 25.6 Å². The van der Waals surface area contributed by atoms with E-state index in [4.69, 9.17) is 14.9 Å². The van der Waals surface area contributed by atoms with Gasteiger partial charge in [-0.1, -0.05) is 155 Å². The number of carboxylic acid groups (broad SMARTS) is 1. The summed E-state index contributed by atoms with van der Waals surface area (Å²) in [4.78, 5) is 46.9. The van der Waals surface area contributed by atoms with Crippen molar-refractivity contribution in [2.24, 2.45) is 0 Å². The average Bonchev–Trinajstić information content (AvgIpc) is 3.06. The van der Waals surface area contributed by atoms with Crippen LogP contribution in [0.4, 0.5) is 0 Å². The molecule has 9 heteroatoms. The van der Waals surface area contributed by atoms with Gasteiger partial charge in [-0.3, -0.25) is 14.4 Å². The lowest BCUT2D eigenvalue weighted by molar-refractivity contribution is -0.150. The van der Waals surface area contributed by atoms with Crippen LogP contribution in [0.15, 0.2) is 0 Å². The molecule has 2 unspecified atom stereocenters. The Balaban J connectivity index is 3.64. The minimum absolute atomic E-state index is 0.0800. The average molecular weight is 683 g/mol. The molecule has 4 N–H and O–H groups in total. The summed E-state index contributed by atoms with van der Waals surface area (Å²) in [5.74, 6) is -2.40. The number of unbranched alkanes of at least 4 members (excludes halogenated alkanes) is 22. The Hall–Kier alpha value is -2.16. The fraction of sp³-hybridized carbons (Fsp3) is 0.897. The summed E-state index contributed by atoms with van der Waals surface area (Å²) in [7, 11) is 0. The Morgan fingerprint density at radius 2 is 0.979 bits per heavy atom. The van der Waals surface area contributed by atoms with Crippen molar-refractivity contribution in [2.45, 2.75) is 212 Å². The van der Waals surface area contributed by atoms with Crippen molar-refractivity contribution >= 4 is 23.8 Å². The molecule has 0 spiro atoms. The molecule has 0 heterocycles. The van der Waals surface area contributed by atoms with Gasteiger partial charge in [0.2, 0.25) is 11.8 Å². The van der Waals surface area contributed by atoms with Gasteiger partial charge in [0.05, 0.1) is 13.2 Å². The molecule has 0 bridgehead atoms. The molecule has 0 aromatic heterocycles. The van der Waals surface area contributed by atoms with E-state index in [-0.39, 0.29) is 30.9 Å². The fourth-order valence-corrected chi connectivity index (χ4v) is 6.06. The normalized spacial score (nSPS) is 12.4. The lowest BCUT2D eigenvalue weighted by atomic mass is 10.0. The van der Waals surface area contributed by atoms with Crippen LogP contribution in [0, 0.1) is 0 Å². The van der Waals surface area contributed by atoms with E-state index in [0.717, 1.165) is 44.9 Å². The highest BCUT2D eigenvalue weighted by Gasteiger charge is 2.19. The molecule has 282 valence electrons.